The second-order valence-electron chi connectivity index (χ2n) is 3.72. The monoisotopic (exact) mass is 207 g/mol. The third-order valence-electron chi connectivity index (χ3n) is 2.15. The molecule has 0 fully saturated rings. The minimum Gasteiger partial charge on any atom is -0.466 e. The van der Waals surface area contributed by atoms with Crippen LogP contribution < -0.4 is 0 Å². The molecule has 0 amide bonds. The van der Waals surface area contributed by atoms with Crippen molar-refractivity contribution in [3.8, 4) is 0 Å². The topological polar surface area (TPSA) is 39.2 Å². The van der Waals surface area contributed by atoms with Crippen LogP contribution >= 0.6 is 0 Å². The Bertz CT molecular complexity index is 317. The van der Waals surface area contributed by atoms with Crippen molar-refractivity contribution in [3.05, 3.63) is 29.6 Å². The van der Waals surface area contributed by atoms with E-state index >= 15 is 0 Å². The summed E-state index contributed by atoms with van der Waals surface area (Å²) in [5, 5.41) is 0. The summed E-state index contributed by atoms with van der Waals surface area (Å²) in [6.45, 7) is 6.44. The molecule has 82 valence electrons. The molecule has 0 aliphatic heterocycles. The van der Waals surface area contributed by atoms with Crippen LogP contribution in [-0.2, 0) is 16.0 Å². The number of ether oxygens (including phenoxy) is 1. The molecule has 0 radical (unpaired) electrons. The minimum absolute atomic E-state index is 0.220. The first kappa shape index (κ1) is 11.7. The Morgan fingerprint density at radius 1 is 1.47 bits per heavy atom. The van der Waals surface area contributed by atoms with Gasteiger partial charge in [-0.25, -0.2) is 0 Å². The van der Waals surface area contributed by atoms with Crippen molar-refractivity contribution in [2.45, 2.75) is 33.1 Å². The molecule has 0 unspecified atom stereocenters. The predicted octanol–water partition coefficient (Wildman–Crippen LogP) is 2.31. The fourth-order valence-electron chi connectivity index (χ4n) is 1.24. The van der Waals surface area contributed by atoms with Gasteiger partial charge in [0.25, 0.3) is 0 Å². The predicted molar refractivity (Wildman–Crippen MR) is 58.7 cm³/mol. The maximum absolute atomic E-state index is 11.2. The van der Waals surface area contributed by atoms with Crippen molar-refractivity contribution in [3.63, 3.8) is 0 Å². The fourth-order valence-corrected chi connectivity index (χ4v) is 1.24. The summed E-state index contributed by atoms with van der Waals surface area (Å²) in [5.74, 6) is 0.247. The molecule has 0 spiro atoms. The van der Waals surface area contributed by atoms with E-state index in [9.17, 15) is 4.79 Å². The van der Waals surface area contributed by atoms with E-state index in [4.69, 9.17) is 4.74 Å². The largest absolute Gasteiger partial charge is 0.466 e. The van der Waals surface area contributed by atoms with Crippen LogP contribution in [0.2, 0.25) is 0 Å². The number of hydrogen-bond donors (Lipinski definition) is 0. The fraction of sp³-hybridized carbons (Fsp3) is 0.500. The lowest BCUT2D eigenvalue weighted by Crippen LogP contribution is -2.08. The molecule has 0 atom stereocenters. The summed E-state index contributed by atoms with van der Waals surface area (Å²) < 4.78 is 4.84. The van der Waals surface area contributed by atoms with Gasteiger partial charge in [0.15, 0.2) is 0 Å². The van der Waals surface area contributed by atoms with Gasteiger partial charge in [-0.15, -0.1) is 0 Å². The standard InChI is InChI=1S/C12H17NO2/c1-4-15-12(14)7-11-6-5-10(8-13-11)9(2)3/h5-6,8-9H,4,7H2,1-3H3. The molecule has 1 heterocycles. The average Bonchev–Trinajstić information content (AvgIpc) is 2.18. The Morgan fingerprint density at radius 3 is 2.67 bits per heavy atom. The molecule has 3 heteroatoms. The molecule has 3 nitrogen and oxygen atoms in total. The van der Waals surface area contributed by atoms with Gasteiger partial charge in [-0.05, 0) is 24.5 Å². The van der Waals surface area contributed by atoms with Crippen molar-refractivity contribution in [2.75, 3.05) is 6.61 Å². The lowest BCUT2D eigenvalue weighted by Gasteiger charge is -2.05. The van der Waals surface area contributed by atoms with Gasteiger partial charge in [-0.1, -0.05) is 19.9 Å². The van der Waals surface area contributed by atoms with Crippen LogP contribution in [0.1, 0.15) is 37.9 Å². The molecule has 1 aromatic rings. The van der Waals surface area contributed by atoms with E-state index in [0.29, 0.717) is 12.5 Å². The molecule has 0 aliphatic carbocycles. The van der Waals surface area contributed by atoms with Gasteiger partial charge < -0.3 is 4.74 Å². The van der Waals surface area contributed by atoms with Crippen LogP contribution in [0.5, 0.6) is 0 Å². The first-order valence-corrected chi connectivity index (χ1v) is 5.24. The number of aromatic nitrogens is 1. The molecule has 0 N–H and O–H groups in total. The molecule has 0 aromatic carbocycles. The van der Waals surface area contributed by atoms with E-state index < -0.39 is 0 Å². The molecule has 15 heavy (non-hydrogen) atoms. The highest BCUT2D eigenvalue weighted by molar-refractivity contribution is 5.71. The van der Waals surface area contributed by atoms with Crippen LogP contribution in [0.15, 0.2) is 18.3 Å². The van der Waals surface area contributed by atoms with Crippen LogP contribution in [0, 0.1) is 0 Å². The molecule has 0 aliphatic rings. The average molecular weight is 207 g/mol. The van der Waals surface area contributed by atoms with Crippen molar-refractivity contribution < 1.29 is 9.53 Å². The van der Waals surface area contributed by atoms with E-state index in [1.54, 1.807) is 6.92 Å². The second-order valence-corrected chi connectivity index (χ2v) is 3.72. The van der Waals surface area contributed by atoms with E-state index in [2.05, 4.69) is 18.8 Å². The zero-order valence-corrected chi connectivity index (χ0v) is 9.49. The number of rotatable bonds is 4. The van der Waals surface area contributed by atoms with Gasteiger partial charge in [0.1, 0.15) is 0 Å². The Balaban J connectivity index is 2.60. The molecule has 0 bridgehead atoms. The number of carbonyl (C=O) groups excluding carboxylic acids is 1. The summed E-state index contributed by atoms with van der Waals surface area (Å²) >= 11 is 0. The summed E-state index contributed by atoms with van der Waals surface area (Å²) in [7, 11) is 0. The quantitative estimate of drug-likeness (QED) is 0.711. The Hall–Kier alpha value is -1.38. The first-order valence-electron chi connectivity index (χ1n) is 5.24. The highest BCUT2D eigenvalue weighted by Crippen LogP contribution is 2.12. The Labute approximate surface area is 90.5 Å². The third kappa shape index (κ3) is 3.70. The lowest BCUT2D eigenvalue weighted by molar-refractivity contribution is -0.142. The zero-order valence-electron chi connectivity index (χ0n) is 9.49. The maximum Gasteiger partial charge on any atom is 0.311 e. The normalized spacial score (nSPS) is 10.4. The van der Waals surface area contributed by atoms with Crippen LogP contribution in [0.25, 0.3) is 0 Å². The van der Waals surface area contributed by atoms with Crippen molar-refractivity contribution in [1.82, 2.24) is 4.98 Å². The molecular formula is C12H17NO2. The number of esters is 1. The van der Waals surface area contributed by atoms with Gasteiger partial charge in [-0.3, -0.25) is 9.78 Å². The van der Waals surface area contributed by atoms with Crippen molar-refractivity contribution in [1.29, 1.82) is 0 Å². The Morgan fingerprint density at radius 2 is 2.20 bits per heavy atom. The number of nitrogens with zero attached hydrogens (tertiary/aromatic N) is 1. The first-order chi connectivity index (χ1) is 7.13. The lowest BCUT2D eigenvalue weighted by atomic mass is 10.1. The summed E-state index contributed by atoms with van der Waals surface area (Å²) in [5.41, 5.74) is 1.94. The van der Waals surface area contributed by atoms with E-state index in [-0.39, 0.29) is 12.4 Å². The summed E-state index contributed by atoms with van der Waals surface area (Å²) in [6, 6.07) is 3.89. The number of hydrogen-bond acceptors (Lipinski definition) is 3. The number of carbonyl (C=O) groups is 1. The zero-order chi connectivity index (χ0) is 11.3. The van der Waals surface area contributed by atoms with Crippen molar-refractivity contribution >= 4 is 5.97 Å². The summed E-state index contributed by atoms with van der Waals surface area (Å²) in [6.07, 6.45) is 2.07. The van der Waals surface area contributed by atoms with Crippen LogP contribution in [0.3, 0.4) is 0 Å². The van der Waals surface area contributed by atoms with Crippen LogP contribution in [-0.4, -0.2) is 17.6 Å². The van der Waals surface area contributed by atoms with E-state index in [0.717, 1.165) is 5.69 Å². The summed E-state index contributed by atoms with van der Waals surface area (Å²) in [4.78, 5) is 15.4. The van der Waals surface area contributed by atoms with E-state index in [1.807, 2.05) is 18.3 Å². The second kappa shape index (κ2) is 5.49. The van der Waals surface area contributed by atoms with E-state index in [1.165, 1.54) is 5.56 Å². The SMILES string of the molecule is CCOC(=O)Cc1ccc(C(C)C)cn1. The van der Waals surface area contributed by atoms with Gasteiger partial charge in [0.05, 0.1) is 18.7 Å². The van der Waals surface area contributed by atoms with Crippen LogP contribution in [0.4, 0.5) is 0 Å². The highest BCUT2D eigenvalue weighted by atomic mass is 16.5. The molecule has 0 saturated carbocycles. The maximum atomic E-state index is 11.2. The van der Waals surface area contributed by atoms with Crippen molar-refractivity contribution in [2.24, 2.45) is 0 Å². The highest BCUT2D eigenvalue weighted by Gasteiger charge is 2.05. The van der Waals surface area contributed by atoms with Gasteiger partial charge >= 0.3 is 5.97 Å². The van der Waals surface area contributed by atoms with Gasteiger partial charge in [-0.2, -0.15) is 0 Å². The Kier molecular flexibility index (Phi) is 4.28. The minimum atomic E-state index is -0.220. The molecular weight excluding hydrogens is 190 g/mol. The van der Waals surface area contributed by atoms with Gasteiger partial charge in [0.2, 0.25) is 0 Å². The molecule has 1 aromatic heterocycles. The number of pyridine rings is 1. The third-order valence-corrected chi connectivity index (χ3v) is 2.15. The molecule has 0 saturated heterocycles. The van der Waals surface area contributed by atoms with Gasteiger partial charge in [0, 0.05) is 6.20 Å². The smallest absolute Gasteiger partial charge is 0.311 e. The molecule has 1 rings (SSSR count).